The molecule has 3 aliphatic heterocycles. The molecule has 5 rings (SSSR count). The zero-order valence-corrected chi connectivity index (χ0v) is 15.9. The van der Waals surface area contributed by atoms with Gasteiger partial charge in [0.2, 0.25) is 5.95 Å². The first-order valence-corrected chi connectivity index (χ1v) is 9.69. The maximum Gasteiger partial charge on any atom is 0.387 e. The van der Waals surface area contributed by atoms with Crippen LogP contribution in [0.2, 0.25) is 0 Å². The first-order valence-electron chi connectivity index (χ1n) is 9.69. The monoisotopic (exact) mass is 404 g/mol. The number of hydrogen-bond acceptors (Lipinski definition) is 8. The predicted molar refractivity (Wildman–Crippen MR) is 103 cm³/mol. The molecule has 0 amide bonds. The number of alkyl halides is 2. The molecule has 2 aromatic heterocycles. The van der Waals surface area contributed by atoms with Crippen LogP contribution in [0.5, 0.6) is 5.75 Å². The zero-order valence-electron chi connectivity index (χ0n) is 15.9. The highest BCUT2D eigenvalue weighted by atomic mass is 19.3. The molecule has 0 aromatic carbocycles. The summed E-state index contributed by atoms with van der Waals surface area (Å²) in [5.74, 6) is 1.22. The summed E-state index contributed by atoms with van der Waals surface area (Å²) in [7, 11) is 0. The van der Waals surface area contributed by atoms with E-state index in [1.807, 2.05) is 6.07 Å². The van der Waals surface area contributed by atoms with E-state index in [4.69, 9.17) is 15.5 Å². The van der Waals surface area contributed by atoms with Crippen LogP contribution in [0, 0.1) is 5.41 Å². The van der Waals surface area contributed by atoms with Crippen molar-refractivity contribution in [1.82, 2.24) is 15.0 Å². The SMILES string of the molecule is Nc1ncc(-c2cc(N3CC4(CCOC4)C3)nc(N3CCC3)n2)cc1OC(F)F. The van der Waals surface area contributed by atoms with E-state index < -0.39 is 6.61 Å². The second-order valence-electron chi connectivity index (χ2n) is 7.90. The van der Waals surface area contributed by atoms with Gasteiger partial charge in [0.25, 0.3) is 0 Å². The Bertz CT molecular complexity index is 910. The largest absolute Gasteiger partial charge is 0.431 e. The average molecular weight is 404 g/mol. The Kier molecular flexibility index (Phi) is 4.38. The third-order valence-electron chi connectivity index (χ3n) is 5.79. The van der Waals surface area contributed by atoms with E-state index in [0.29, 0.717) is 17.2 Å². The number of halogens is 2. The Morgan fingerprint density at radius 3 is 2.66 bits per heavy atom. The summed E-state index contributed by atoms with van der Waals surface area (Å²) in [6.07, 6.45) is 3.68. The topological polar surface area (TPSA) is 89.6 Å². The molecular formula is C19H22F2N6O2. The molecular weight excluding hydrogens is 382 g/mol. The van der Waals surface area contributed by atoms with Crippen molar-refractivity contribution < 1.29 is 18.3 Å². The second kappa shape index (κ2) is 6.94. The zero-order chi connectivity index (χ0) is 20.0. The van der Waals surface area contributed by atoms with E-state index in [0.717, 1.165) is 58.1 Å². The maximum absolute atomic E-state index is 12.7. The molecule has 3 saturated heterocycles. The van der Waals surface area contributed by atoms with Crippen LogP contribution in [0.1, 0.15) is 12.8 Å². The fraction of sp³-hybridized carbons (Fsp3) is 0.526. The Morgan fingerprint density at radius 2 is 2.00 bits per heavy atom. The van der Waals surface area contributed by atoms with Crippen LogP contribution in [0.4, 0.5) is 26.4 Å². The minimum atomic E-state index is -2.97. The average Bonchev–Trinajstić information content (AvgIpc) is 3.10. The van der Waals surface area contributed by atoms with Gasteiger partial charge in [0.05, 0.1) is 12.3 Å². The standard InChI is InChI=1S/C19H22F2N6O2/c20-17(21)29-14-6-12(8-23-16(14)22)13-7-15(25-18(24-13)26-3-1-4-26)27-9-19(10-27)2-5-28-11-19/h6-8,17H,1-5,9-11H2,(H2,22,23). The number of pyridine rings is 1. The number of nitrogens with two attached hydrogens (primary N) is 1. The molecule has 10 heteroatoms. The Morgan fingerprint density at radius 1 is 1.17 bits per heavy atom. The van der Waals surface area contributed by atoms with Gasteiger partial charge in [-0.05, 0) is 18.9 Å². The van der Waals surface area contributed by atoms with Crippen molar-refractivity contribution in [3.05, 3.63) is 18.3 Å². The van der Waals surface area contributed by atoms with Gasteiger partial charge in [-0.2, -0.15) is 13.8 Å². The number of nitrogen functional groups attached to an aromatic ring is 1. The third-order valence-corrected chi connectivity index (χ3v) is 5.79. The summed E-state index contributed by atoms with van der Waals surface area (Å²) in [5, 5.41) is 0. The van der Waals surface area contributed by atoms with Crippen LogP contribution in [-0.4, -0.2) is 61.0 Å². The quantitative estimate of drug-likeness (QED) is 0.811. The summed E-state index contributed by atoms with van der Waals surface area (Å²) in [4.78, 5) is 17.7. The lowest BCUT2D eigenvalue weighted by molar-refractivity contribution is -0.0494. The summed E-state index contributed by atoms with van der Waals surface area (Å²) in [5.41, 5.74) is 7.05. The van der Waals surface area contributed by atoms with Gasteiger partial charge in [-0.15, -0.1) is 0 Å². The number of aromatic nitrogens is 3. The van der Waals surface area contributed by atoms with E-state index in [2.05, 4.69) is 24.5 Å². The number of anilines is 3. The van der Waals surface area contributed by atoms with E-state index in [-0.39, 0.29) is 17.0 Å². The van der Waals surface area contributed by atoms with E-state index in [1.54, 1.807) is 0 Å². The highest BCUT2D eigenvalue weighted by molar-refractivity contribution is 5.68. The summed E-state index contributed by atoms with van der Waals surface area (Å²) < 4.78 is 35.4. The molecule has 0 bridgehead atoms. The first kappa shape index (κ1) is 18.3. The van der Waals surface area contributed by atoms with Gasteiger partial charge < -0.3 is 25.0 Å². The Balaban J connectivity index is 1.48. The van der Waals surface area contributed by atoms with Crippen LogP contribution in [0.3, 0.4) is 0 Å². The van der Waals surface area contributed by atoms with E-state index in [9.17, 15) is 8.78 Å². The molecule has 0 atom stereocenters. The molecule has 1 spiro atoms. The van der Waals surface area contributed by atoms with Crippen molar-refractivity contribution >= 4 is 17.6 Å². The highest BCUT2D eigenvalue weighted by Gasteiger charge is 2.46. The van der Waals surface area contributed by atoms with Gasteiger partial charge >= 0.3 is 6.61 Å². The summed E-state index contributed by atoms with van der Waals surface area (Å²) >= 11 is 0. The fourth-order valence-electron chi connectivity index (χ4n) is 4.00. The van der Waals surface area contributed by atoms with Gasteiger partial charge in [0.15, 0.2) is 11.6 Å². The Labute approximate surface area is 166 Å². The van der Waals surface area contributed by atoms with Crippen LogP contribution in [0.15, 0.2) is 18.3 Å². The van der Waals surface area contributed by atoms with Gasteiger partial charge in [-0.3, -0.25) is 0 Å². The predicted octanol–water partition coefficient (Wildman–Crippen LogP) is 2.16. The number of hydrogen-bond donors (Lipinski definition) is 1. The van der Waals surface area contributed by atoms with Crippen LogP contribution < -0.4 is 20.3 Å². The van der Waals surface area contributed by atoms with Gasteiger partial charge in [0.1, 0.15) is 5.82 Å². The summed E-state index contributed by atoms with van der Waals surface area (Å²) in [6, 6.07) is 3.31. The van der Waals surface area contributed by atoms with Gasteiger partial charge in [-0.25, -0.2) is 9.97 Å². The highest BCUT2D eigenvalue weighted by Crippen LogP contribution is 2.41. The van der Waals surface area contributed by atoms with Crippen molar-refractivity contribution in [2.24, 2.45) is 5.41 Å². The molecule has 8 nitrogen and oxygen atoms in total. The van der Waals surface area contributed by atoms with Crippen molar-refractivity contribution in [3.63, 3.8) is 0 Å². The molecule has 2 aromatic rings. The molecule has 154 valence electrons. The van der Waals surface area contributed by atoms with Gasteiger partial charge in [0, 0.05) is 56.0 Å². The van der Waals surface area contributed by atoms with Crippen molar-refractivity contribution in [1.29, 1.82) is 0 Å². The molecule has 3 fully saturated rings. The molecule has 0 radical (unpaired) electrons. The lowest BCUT2D eigenvalue weighted by atomic mass is 9.79. The molecule has 29 heavy (non-hydrogen) atoms. The summed E-state index contributed by atoms with van der Waals surface area (Å²) in [6.45, 7) is 2.21. The smallest absolute Gasteiger partial charge is 0.387 e. The fourth-order valence-corrected chi connectivity index (χ4v) is 4.00. The second-order valence-corrected chi connectivity index (χ2v) is 7.90. The van der Waals surface area contributed by atoms with Crippen LogP contribution >= 0.6 is 0 Å². The maximum atomic E-state index is 12.7. The van der Waals surface area contributed by atoms with Crippen LogP contribution in [-0.2, 0) is 4.74 Å². The molecule has 5 heterocycles. The van der Waals surface area contributed by atoms with Gasteiger partial charge in [-0.1, -0.05) is 0 Å². The van der Waals surface area contributed by atoms with Crippen molar-refractivity contribution in [3.8, 4) is 17.0 Å². The van der Waals surface area contributed by atoms with E-state index >= 15 is 0 Å². The molecule has 0 unspecified atom stereocenters. The number of nitrogens with zero attached hydrogens (tertiary/aromatic N) is 5. The lowest BCUT2D eigenvalue weighted by Gasteiger charge is -2.48. The third kappa shape index (κ3) is 3.41. The lowest BCUT2D eigenvalue weighted by Crippen LogP contribution is -2.57. The number of ether oxygens (including phenoxy) is 2. The minimum absolute atomic E-state index is 0.0859. The first-order chi connectivity index (χ1) is 14.0. The molecule has 3 aliphatic rings. The van der Waals surface area contributed by atoms with Crippen molar-refractivity contribution in [2.45, 2.75) is 19.5 Å². The normalized spacial score (nSPS) is 20.1. The molecule has 2 N–H and O–H groups in total. The van der Waals surface area contributed by atoms with E-state index in [1.165, 1.54) is 12.3 Å². The molecule has 0 aliphatic carbocycles. The Hall–Kier alpha value is -2.75. The van der Waals surface area contributed by atoms with Crippen molar-refractivity contribution in [2.75, 3.05) is 54.9 Å². The minimum Gasteiger partial charge on any atom is -0.431 e. The number of rotatable bonds is 5. The van der Waals surface area contributed by atoms with Crippen LogP contribution in [0.25, 0.3) is 11.3 Å². The molecule has 0 saturated carbocycles.